The van der Waals surface area contributed by atoms with E-state index >= 15 is 0 Å². The quantitative estimate of drug-likeness (QED) is 0.283. The normalized spacial score (nSPS) is 15.8. The summed E-state index contributed by atoms with van der Waals surface area (Å²) in [5, 5.41) is 0. The second kappa shape index (κ2) is 9.43. The van der Waals surface area contributed by atoms with Crippen molar-refractivity contribution in [1.29, 1.82) is 0 Å². The molecule has 0 spiro atoms. The number of hydrogen-bond acceptors (Lipinski definition) is 5. The number of aliphatic imine (C=N–C) groups is 1. The Morgan fingerprint density at radius 3 is 2.59 bits per heavy atom. The van der Waals surface area contributed by atoms with Crippen LogP contribution in [0.5, 0.6) is 11.5 Å². The van der Waals surface area contributed by atoms with Gasteiger partial charge in [-0.15, -0.1) is 0 Å². The van der Waals surface area contributed by atoms with E-state index in [-0.39, 0.29) is 11.8 Å². The second-order valence-electron chi connectivity index (χ2n) is 6.80. The van der Waals surface area contributed by atoms with Crippen LogP contribution in [0.25, 0.3) is 6.08 Å². The van der Waals surface area contributed by atoms with E-state index in [4.69, 9.17) is 14.2 Å². The monoisotopic (exact) mass is 505 g/mol. The molecule has 29 heavy (non-hydrogen) atoms. The summed E-state index contributed by atoms with van der Waals surface area (Å²) in [6.45, 7) is 8.55. The summed E-state index contributed by atoms with van der Waals surface area (Å²) in [5.41, 5.74) is 2.96. The van der Waals surface area contributed by atoms with E-state index in [9.17, 15) is 4.79 Å². The van der Waals surface area contributed by atoms with Gasteiger partial charge in [-0.2, -0.15) is 0 Å². The second-order valence-corrected chi connectivity index (χ2v) is 7.96. The number of cyclic esters (lactones) is 1. The lowest BCUT2D eigenvalue weighted by Gasteiger charge is -2.18. The van der Waals surface area contributed by atoms with E-state index in [2.05, 4.69) is 34.5 Å². The SMILES string of the molecule is CCOc1cc(/C=C2\N=C(c3ccc(C)cc3)OC2=O)cc(I)c1OC(C)CC. The number of benzene rings is 2. The summed E-state index contributed by atoms with van der Waals surface area (Å²) >= 11 is 2.22. The lowest BCUT2D eigenvalue weighted by molar-refractivity contribution is -0.129. The van der Waals surface area contributed by atoms with Gasteiger partial charge in [0.05, 0.1) is 16.3 Å². The molecule has 1 aliphatic rings. The van der Waals surface area contributed by atoms with Crippen LogP contribution >= 0.6 is 22.6 Å². The van der Waals surface area contributed by atoms with Gasteiger partial charge in [0.1, 0.15) is 0 Å². The summed E-state index contributed by atoms with van der Waals surface area (Å²) in [6, 6.07) is 11.5. The van der Waals surface area contributed by atoms with E-state index in [1.54, 1.807) is 6.08 Å². The average Bonchev–Trinajstić information content (AvgIpc) is 3.05. The Morgan fingerprint density at radius 2 is 1.93 bits per heavy atom. The fraction of sp³-hybridized carbons (Fsp3) is 0.304. The topological polar surface area (TPSA) is 57.1 Å². The zero-order valence-corrected chi connectivity index (χ0v) is 19.1. The fourth-order valence-corrected chi connectivity index (χ4v) is 3.47. The maximum Gasteiger partial charge on any atom is 0.363 e. The predicted octanol–water partition coefficient (Wildman–Crippen LogP) is 5.52. The molecule has 3 rings (SSSR count). The van der Waals surface area contributed by atoms with Crippen LogP contribution in [0, 0.1) is 10.5 Å². The number of carbonyl (C=O) groups excluding carboxylic acids is 1. The van der Waals surface area contributed by atoms with Gasteiger partial charge in [0.15, 0.2) is 17.2 Å². The van der Waals surface area contributed by atoms with Crippen molar-refractivity contribution in [3.63, 3.8) is 0 Å². The molecule has 0 aromatic heterocycles. The number of hydrogen-bond donors (Lipinski definition) is 0. The molecule has 0 amide bonds. The van der Waals surface area contributed by atoms with Gasteiger partial charge < -0.3 is 14.2 Å². The Bertz CT molecular complexity index is 964. The molecule has 0 aliphatic carbocycles. The third-order valence-electron chi connectivity index (χ3n) is 4.45. The molecule has 1 aliphatic heterocycles. The summed E-state index contributed by atoms with van der Waals surface area (Å²) in [4.78, 5) is 16.7. The fourth-order valence-electron chi connectivity index (χ4n) is 2.72. The van der Waals surface area contributed by atoms with E-state index < -0.39 is 5.97 Å². The number of halogens is 1. The van der Waals surface area contributed by atoms with Crippen LogP contribution in [0.15, 0.2) is 47.1 Å². The van der Waals surface area contributed by atoms with Crippen molar-refractivity contribution in [2.45, 2.75) is 40.2 Å². The van der Waals surface area contributed by atoms with Crippen LogP contribution in [-0.4, -0.2) is 24.6 Å². The molecule has 1 atom stereocenters. The van der Waals surface area contributed by atoms with Crippen LogP contribution < -0.4 is 9.47 Å². The molecular weight excluding hydrogens is 481 g/mol. The van der Waals surface area contributed by atoms with Crippen LogP contribution in [0.4, 0.5) is 0 Å². The first-order valence-corrected chi connectivity index (χ1v) is 10.7. The maximum absolute atomic E-state index is 12.3. The van der Waals surface area contributed by atoms with Gasteiger partial charge in [-0.05, 0) is 85.7 Å². The van der Waals surface area contributed by atoms with Gasteiger partial charge in [-0.25, -0.2) is 9.79 Å². The highest BCUT2D eigenvalue weighted by Gasteiger charge is 2.24. The third-order valence-corrected chi connectivity index (χ3v) is 5.25. The third kappa shape index (κ3) is 5.18. The summed E-state index contributed by atoms with van der Waals surface area (Å²) in [7, 11) is 0. The number of rotatable bonds is 7. The standard InChI is InChI=1S/C23H24INO4/c1-5-15(4)28-21-18(24)11-16(13-20(21)27-6-2)12-19-23(26)29-22(25-19)17-9-7-14(3)8-10-17/h7-13,15H,5-6H2,1-4H3/b19-12-. The molecule has 0 radical (unpaired) electrons. The largest absolute Gasteiger partial charge is 0.490 e. The van der Waals surface area contributed by atoms with Crippen molar-refractivity contribution in [3.8, 4) is 11.5 Å². The summed E-state index contributed by atoms with van der Waals surface area (Å²) in [5.74, 6) is 1.23. The van der Waals surface area contributed by atoms with Gasteiger partial charge in [0.25, 0.3) is 0 Å². The number of esters is 1. The minimum absolute atomic E-state index is 0.0819. The number of nitrogens with zero attached hydrogens (tertiary/aromatic N) is 1. The number of ether oxygens (including phenoxy) is 3. The molecule has 0 bridgehead atoms. The molecule has 1 heterocycles. The van der Waals surface area contributed by atoms with Gasteiger partial charge in [-0.1, -0.05) is 24.6 Å². The molecule has 6 heteroatoms. The summed E-state index contributed by atoms with van der Waals surface area (Å²) in [6.07, 6.45) is 2.69. The first-order chi connectivity index (χ1) is 13.9. The highest BCUT2D eigenvalue weighted by molar-refractivity contribution is 14.1. The van der Waals surface area contributed by atoms with E-state index in [0.29, 0.717) is 18.3 Å². The van der Waals surface area contributed by atoms with Crippen molar-refractivity contribution in [2.24, 2.45) is 4.99 Å². The zero-order chi connectivity index (χ0) is 21.0. The molecule has 152 valence electrons. The van der Waals surface area contributed by atoms with Gasteiger partial charge in [0, 0.05) is 5.56 Å². The average molecular weight is 505 g/mol. The predicted molar refractivity (Wildman–Crippen MR) is 122 cm³/mol. The Morgan fingerprint density at radius 1 is 1.21 bits per heavy atom. The molecule has 1 unspecified atom stereocenters. The highest BCUT2D eigenvalue weighted by atomic mass is 127. The van der Waals surface area contributed by atoms with E-state index in [1.165, 1.54) is 0 Å². The minimum Gasteiger partial charge on any atom is -0.490 e. The Labute approximate surface area is 184 Å². The number of aryl methyl sites for hydroxylation is 1. The lowest BCUT2D eigenvalue weighted by Crippen LogP contribution is -2.12. The van der Waals surface area contributed by atoms with Crippen LogP contribution in [0.2, 0.25) is 0 Å². The molecule has 0 saturated carbocycles. The van der Waals surface area contributed by atoms with E-state index in [0.717, 1.165) is 32.4 Å². The van der Waals surface area contributed by atoms with Gasteiger partial charge >= 0.3 is 5.97 Å². The first-order valence-electron chi connectivity index (χ1n) is 9.63. The van der Waals surface area contributed by atoms with Crippen LogP contribution in [0.1, 0.15) is 43.9 Å². The van der Waals surface area contributed by atoms with Gasteiger partial charge in [0.2, 0.25) is 5.90 Å². The van der Waals surface area contributed by atoms with Crippen molar-refractivity contribution < 1.29 is 19.0 Å². The van der Waals surface area contributed by atoms with E-state index in [1.807, 2.05) is 57.2 Å². The Kier molecular flexibility index (Phi) is 6.95. The van der Waals surface area contributed by atoms with Gasteiger partial charge in [-0.3, -0.25) is 0 Å². The van der Waals surface area contributed by atoms with Crippen molar-refractivity contribution >= 4 is 40.5 Å². The molecule has 2 aromatic carbocycles. The smallest absolute Gasteiger partial charge is 0.363 e. The first kappa shape index (κ1) is 21.4. The van der Waals surface area contributed by atoms with Crippen molar-refractivity contribution in [1.82, 2.24) is 0 Å². The molecule has 2 aromatic rings. The van der Waals surface area contributed by atoms with Crippen molar-refractivity contribution in [2.75, 3.05) is 6.61 Å². The van der Waals surface area contributed by atoms with Crippen molar-refractivity contribution in [3.05, 3.63) is 62.4 Å². The highest BCUT2D eigenvalue weighted by Crippen LogP contribution is 2.36. The molecule has 5 nitrogen and oxygen atoms in total. The molecule has 0 N–H and O–H groups in total. The molecule has 0 saturated heterocycles. The molecular formula is C23H24INO4. The zero-order valence-electron chi connectivity index (χ0n) is 17.0. The van der Waals surface area contributed by atoms with Crippen LogP contribution in [-0.2, 0) is 9.53 Å². The molecule has 0 fully saturated rings. The Hall–Kier alpha value is -2.35. The minimum atomic E-state index is -0.464. The van der Waals surface area contributed by atoms with Crippen LogP contribution in [0.3, 0.4) is 0 Å². The number of carbonyl (C=O) groups is 1. The lowest BCUT2D eigenvalue weighted by atomic mass is 10.1. The maximum atomic E-state index is 12.3. The Balaban J connectivity index is 1.94. The summed E-state index contributed by atoms with van der Waals surface area (Å²) < 4.78 is 18.1.